The van der Waals surface area contributed by atoms with Gasteiger partial charge in [0.2, 0.25) is 5.91 Å². The lowest BCUT2D eigenvalue weighted by Gasteiger charge is -2.22. The summed E-state index contributed by atoms with van der Waals surface area (Å²) < 4.78 is 5.46. The maximum absolute atomic E-state index is 12.4. The number of esters is 1. The van der Waals surface area contributed by atoms with Crippen LogP contribution in [0.4, 0.5) is 0 Å². The fourth-order valence-corrected chi connectivity index (χ4v) is 8.15. The molecule has 0 aliphatic rings. The van der Waals surface area contributed by atoms with Crippen molar-refractivity contribution in [1.82, 2.24) is 5.32 Å². The van der Waals surface area contributed by atoms with Crippen LogP contribution >= 0.6 is 0 Å². The summed E-state index contributed by atoms with van der Waals surface area (Å²) in [5.41, 5.74) is 0. The van der Waals surface area contributed by atoms with Crippen LogP contribution in [0.1, 0.15) is 284 Å². The molecule has 6 nitrogen and oxygen atoms in total. The highest BCUT2D eigenvalue weighted by Crippen LogP contribution is 2.17. The number of amides is 1. The molecule has 60 heavy (non-hydrogen) atoms. The maximum Gasteiger partial charge on any atom is 0.305 e. The van der Waals surface area contributed by atoms with Gasteiger partial charge in [-0.3, -0.25) is 9.59 Å². The number of ether oxygens (including phenoxy) is 1. The van der Waals surface area contributed by atoms with Gasteiger partial charge in [0.25, 0.3) is 0 Å². The van der Waals surface area contributed by atoms with Crippen molar-refractivity contribution in [2.45, 2.75) is 296 Å². The SMILES string of the molecule is CCC/C=C\C/C=C\CCCCCCCC(=O)OCCCCCCCCCCCCCCCCCCCCCC(=O)NC(CO)C(O)CCCCCCCCCCCCC. The van der Waals surface area contributed by atoms with E-state index in [-0.39, 0.29) is 18.5 Å². The Labute approximate surface area is 373 Å². The van der Waals surface area contributed by atoms with Crippen molar-refractivity contribution in [1.29, 1.82) is 0 Å². The first-order chi connectivity index (χ1) is 29.5. The quantitative estimate of drug-likeness (QED) is 0.0322. The number of hydrogen-bond acceptors (Lipinski definition) is 5. The molecule has 0 spiro atoms. The zero-order chi connectivity index (χ0) is 43.7. The Kier molecular flexibility index (Phi) is 48.6. The van der Waals surface area contributed by atoms with Crippen LogP contribution in [0, 0.1) is 0 Å². The van der Waals surface area contributed by atoms with Crippen LogP contribution in [0.25, 0.3) is 0 Å². The van der Waals surface area contributed by atoms with E-state index in [1.54, 1.807) is 0 Å². The Balaban J connectivity index is 3.39. The molecule has 0 aromatic rings. The van der Waals surface area contributed by atoms with Crippen LogP contribution in [0.15, 0.2) is 24.3 Å². The van der Waals surface area contributed by atoms with Crippen LogP contribution in [-0.4, -0.2) is 47.4 Å². The van der Waals surface area contributed by atoms with Crippen molar-refractivity contribution in [3.63, 3.8) is 0 Å². The van der Waals surface area contributed by atoms with Crippen LogP contribution in [0.5, 0.6) is 0 Å². The van der Waals surface area contributed by atoms with Gasteiger partial charge in [-0.05, 0) is 51.4 Å². The number of aliphatic hydroxyl groups is 2. The monoisotopic (exact) mass is 846 g/mol. The number of aliphatic hydroxyl groups excluding tert-OH is 2. The summed E-state index contributed by atoms with van der Waals surface area (Å²) in [4.78, 5) is 24.4. The van der Waals surface area contributed by atoms with E-state index in [9.17, 15) is 19.8 Å². The molecule has 0 radical (unpaired) electrons. The Hall–Kier alpha value is -1.66. The molecule has 0 aromatic carbocycles. The Morgan fingerprint density at radius 2 is 0.867 bits per heavy atom. The highest BCUT2D eigenvalue weighted by Gasteiger charge is 2.20. The molecule has 0 heterocycles. The van der Waals surface area contributed by atoms with E-state index in [0.717, 1.165) is 51.4 Å². The van der Waals surface area contributed by atoms with Crippen LogP contribution in [-0.2, 0) is 14.3 Å². The van der Waals surface area contributed by atoms with Crippen molar-refractivity contribution in [2.24, 2.45) is 0 Å². The molecule has 0 fully saturated rings. The molecule has 6 heteroatoms. The minimum absolute atomic E-state index is 0.00654. The second kappa shape index (κ2) is 50.0. The second-order valence-corrected chi connectivity index (χ2v) is 18.2. The van der Waals surface area contributed by atoms with Gasteiger partial charge in [-0.2, -0.15) is 0 Å². The van der Waals surface area contributed by atoms with Crippen LogP contribution in [0.3, 0.4) is 0 Å². The van der Waals surface area contributed by atoms with Crippen molar-refractivity contribution in [3.8, 4) is 0 Å². The summed E-state index contributed by atoms with van der Waals surface area (Å²) in [7, 11) is 0. The molecule has 2 atom stereocenters. The fourth-order valence-electron chi connectivity index (χ4n) is 8.15. The number of carbonyl (C=O) groups is 2. The number of nitrogens with one attached hydrogen (secondary N) is 1. The predicted octanol–water partition coefficient (Wildman–Crippen LogP) is 15.9. The molecule has 1 amide bonds. The van der Waals surface area contributed by atoms with Crippen LogP contribution in [0.2, 0.25) is 0 Å². The highest BCUT2D eigenvalue weighted by molar-refractivity contribution is 5.76. The normalized spacial score (nSPS) is 12.8. The molecule has 0 saturated carbocycles. The smallest absolute Gasteiger partial charge is 0.305 e. The topological polar surface area (TPSA) is 95.9 Å². The van der Waals surface area contributed by atoms with Gasteiger partial charge in [0, 0.05) is 12.8 Å². The number of carbonyl (C=O) groups excluding carboxylic acids is 2. The minimum atomic E-state index is -0.664. The van der Waals surface area contributed by atoms with Crippen molar-refractivity contribution in [3.05, 3.63) is 24.3 Å². The largest absolute Gasteiger partial charge is 0.466 e. The number of rotatable bonds is 49. The minimum Gasteiger partial charge on any atom is -0.466 e. The molecule has 0 aromatic heterocycles. The van der Waals surface area contributed by atoms with Gasteiger partial charge in [-0.1, -0.05) is 244 Å². The fraction of sp³-hybridized carbons (Fsp3) is 0.889. The molecule has 0 aliphatic heterocycles. The van der Waals surface area contributed by atoms with E-state index in [1.807, 2.05) is 0 Å². The number of allylic oxidation sites excluding steroid dienone is 4. The van der Waals surface area contributed by atoms with E-state index >= 15 is 0 Å². The van der Waals surface area contributed by atoms with Gasteiger partial charge < -0.3 is 20.3 Å². The molecule has 3 N–H and O–H groups in total. The third-order valence-electron chi connectivity index (χ3n) is 12.2. The zero-order valence-corrected chi connectivity index (χ0v) is 40.2. The van der Waals surface area contributed by atoms with E-state index in [0.29, 0.717) is 25.9 Å². The molecule has 354 valence electrons. The first-order valence-corrected chi connectivity index (χ1v) is 26.6. The molecule has 0 aliphatic carbocycles. The highest BCUT2D eigenvalue weighted by atomic mass is 16.5. The molecule has 0 saturated heterocycles. The van der Waals surface area contributed by atoms with Gasteiger partial charge in [0.05, 0.1) is 25.4 Å². The maximum atomic E-state index is 12.4. The van der Waals surface area contributed by atoms with E-state index in [4.69, 9.17) is 4.74 Å². The molecular weight excluding hydrogens is 743 g/mol. The third-order valence-corrected chi connectivity index (χ3v) is 12.2. The van der Waals surface area contributed by atoms with Crippen molar-refractivity contribution < 1.29 is 24.5 Å². The van der Waals surface area contributed by atoms with Crippen molar-refractivity contribution >= 4 is 11.9 Å². The van der Waals surface area contributed by atoms with E-state index < -0.39 is 12.1 Å². The summed E-state index contributed by atoms with van der Waals surface area (Å²) in [5.74, 6) is -0.0457. The molecule has 2 unspecified atom stereocenters. The third kappa shape index (κ3) is 45.9. The van der Waals surface area contributed by atoms with Gasteiger partial charge in [-0.25, -0.2) is 0 Å². The Morgan fingerprint density at radius 3 is 1.33 bits per heavy atom. The first kappa shape index (κ1) is 58.3. The summed E-state index contributed by atoms with van der Waals surface area (Å²) in [5, 5.41) is 23.1. The van der Waals surface area contributed by atoms with Gasteiger partial charge in [0.15, 0.2) is 0 Å². The zero-order valence-electron chi connectivity index (χ0n) is 40.2. The molecule has 0 bridgehead atoms. The average molecular weight is 846 g/mol. The molecular formula is C54H103NO5. The summed E-state index contributed by atoms with van der Waals surface area (Å²) in [6, 6.07) is -0.542. The lowest BCUT2D eigenvalue weighted by atomic mass is 10.0. The lowest BCUT2D eigenvalue weighted by molar-refractivity contribution is -0.143. The summed E-state index contributed by atoms with van der Waals surface area (Å²) >= 11 is 0. The molecule has 0 rings (SSSR count). The number of hydrogen-bond donors (Lipinski definition) is 3. The standard InChI is InChI=1S/C54H103NO5/c1-3-5-7-9-11-13-15-23-28-32-36-40-44-48-54(59)60-49-45-41-37-33-29-25-22-20-18-16-17-19-21-24-27-31-35-39-43-47-53(58)55-51(50-56)52(57)46-42-38-34-30-26-14-12-10-8-6-4-2/h7,9,13,15,51-52,56-57H,3-6,8,10-12,14,16-50H2,1-2H3,(H,55,58)/b9-7-,15-13-. The van der Waals surface area contributed by atoms with Gasteiger partial charge in [-0.15, -0.1) is 0 Å². The summed E-state index contributed by atoms with van der Waals surface area (Å²) in [6.07, 6.45) is 58.7. The van der Waals surface area contributed by atoms with Gasteiger partial charge >= 0.3 is 5.97 Å². The van der Waals surface area contributed by atoms with E-state index in [2.05, 4.69) is 43.5 Å². The Bertz CT molecular complexity index is 935. The summed E-state index contributed by atoms with van der Waals surface area (Å²) in [6.45, 7) is 4.87. The second-order valence-electron chi connectivity index (χ2n) is 18.2. The average Bonchev–Trinajstić information content (AvgIpc) is 3.25. The van der Waals surface area contributed by atoms with Crippen LogP contribution < -0.4 is 5.32 Å². The first-order valence-electron chi connectivity index (χ1n) is 26.6. The lowest BCUT2D eigenvalue weighted by Crippen LogP contribution is -2.45. The number of unbranched alkanes of at least 4 members (excludes halogenated alkanes) is 34. The van der Waals surface area contributed by atoms with Gasteiger partial charge in [0.1, 0.15) is 0 Å². The predicted molar refractivity (Wildman–Crippen MR) is 260 cm³/mol. The Morgan fingerprint density at radius 1 is 0.467 bits per heavy atom. The van der Waals surface area contributed by atoms with E-state index in [1.165, 1.54) is 199 Å². The van der Waals surface area contributed by atoms with Crippen molar-refractivity contribution in [2.75, 3.05) is 13.2 Å².